The molecule has 2 aromatic heterocycles. The Morgan fingerprint density at radius 1 is 1.16 bits per heavy atom. The Labute approximate surface area is 110 Å². The Bertz CT molecular complexity index is 742. The summed E-state index contributed by atoms with van der Waals surface area (Å²) in [4.78, 5) is 12.3. The molecule has 5 nitrogen and oxygen atoms in total. The number of hydrogen-bond donors (Lipinski definition) is 1. The number of nitrogens with zero attached hydrogens (tertiary/aromatic N) is 3. The minimum atomic E-state index is 0.339. The minimum absolute atomic E-state index is 0.339. The first kappa shape index (κ1) is 11.4. The van der Waals surface area contributed by atoms with E-state index in [1.54, 1.807) is 0 Å². The normalized spacial score (nSPS) is 10.6. The van der Waals surface area contributed by atoms with Gasteiger partial charge in [0, 0.05) is 11.1 Å². The molecule has 5 heteroatoms. The Morgan fingerprint density at radius 3 is 2.89 bits per heavy atom. The van der Waals surface area contributed by atoms with E-state index in [4.69, 9.17) is 10.5 Å². The molecule has 94 valence electrons. The molecular weight excluding hydrogens is 240 g/mol. The first-order valence-electron chi connectivity index (χ1n) is 5.84. The summed E-state index contributed by atoms with van der Waals surface area (Å²) in [6.07, 6.45) is 2.90. The van der Waals surface area contributed by atoms with Gasteiger partial charge in [-0.3, -0.25) is 0 Å². The van der Waals surface area contributed by atoms with Crippen molar-refractivity contribution in [3.05, 3.63) is 48.5 Å². The van der Waals surface area contributed by atoms with Gasteiger partial charge in [-0.15, -0.1) is 0 Å². The lowest BCUT2D eigenvalue weighted by Gasteiger charge is -2.09. The van der Waals surface area contributed by atoms with Gasteiger partial charge in [-0.1, -0.05) is 18.2 Å². The van der Waals surface area contributed by atoms with Crippen LogP contribution in [0.25, 0.3) is 10.9 Å². The number of pyridine rings is 1. The number of hydrogen-bond acceptors (Lipinski definition) is 5. The van der Waals surface area contributed by atoms with Crippen LogP contribution in [0, 0.1) is 6.92 Å². The van der Waals surface area contributed by atoms with Gasteiger partial charge in [-0.2, -0.15) is 4.98 Å². The summed E-state index contributed by atoms with van der Waals surface area (Å²) in [6, 6.07) is 9.71. The highest BCUT2D eigenvalue weighted by Crippen LogP contribution is 2.29. The minimum Gasteiger partial charge on any atom is -0.435 e. The molecule has 2 N–H and O–H groups in total. The first-order valence-corrected chi connectivity index (χ1v) is 5.84. The number of rotatable bonds is 2. The molecule has 3 rings (SSSR count). The van der Waals surface area contributed by atoms with Crippen molar-refractivity contribution in [3.8, 4) is 11.6 Å². The zero-order chi connectivity index (χ0) is 13.2. The van der Waals surface area contributed by atoms with Crippen LogP contribution in [0.3, 0.4) is 0 Å². The van der Waals surface area contributed by atoms with E-state index in [0.717, 1.165) is 16.6 Å². The van der Waals surface area contributed by atoms with Crippen molar-refractivity contribution in [1.82, 2.24) is 15.0 Å². The van der Waals surface area contributed by atoms with Gasteiger partial charge in [-0.05, 0) is 19.1 Å². The molecule has 0 bridgehead atoms. The van der Waals surface area contributed by atoms with Gasteiger partial charge in [0.15, 0.2) is 5.75 Å². The second-order valence-corrected chi connectivity index (χ2v) is 4.17. The lowest BCUT2D eigenvalue weighted by atomic mass is 10.2. The third-order valence-electron chi connectivity index (χ3n) is 2.73. The zero-order valence-corrected chi connectivity index (χ0v) is 10.4. The second-order valence-electron chi connectivity index (χ2n) is 4.17. The first-order chi connectivity index (χ1) is 9.24. The average Bonchev–Trinajstić information content (AvgIpc) is 2.42. The maximum atomic E-state index is 5.77. The van der Waals surface area contributed by atoms with Gasteiger partial charge in [0.25, 0.3) is 0 Å². The molecule has 0 atom stereocenters. The molecule has 1 aromatic carbocycles. The van der Waals surface area contributed by atoms with Crippen LogP contribution in [0.2, 0.25) is 0 Å². The SMILES string of the molecule is Cc1ccc2cccc(Oc3ncncc3N)c2n1. The predicted molar refractivity (Wildman–Crippen MR) is 73.0 cm³/mol. The predicted octanol–water partition coefficient (Wildman–Crippen LogP) is 2.71. The molecule has 0 saturated heterocycles. The quantitative estimate of drug-likeness (QED) is 0.759. The van der Waals surface area contributed by atoms with E-state index >= 15 is 0 Å². The van der Waals surface area contributed by atoms with Gasteiger partial charge in [0.05, 0.1) is 6.20 Å². The highest BCUT2D eigenvalue weighted by atomic mass is 16.5. The topological polar surface area (TPSA) is 73.9 Å². The van der Waals surface area contributed by atoms with Gasteiger partial charge in [0.1, 0.15) is 17.5 Å². The van der Waals surface area contributed by atoms with Crippen LogP contribution in [0.1, 0.15) is 5.69 Å². The van der Waals surface area contributed by atoms with Crippen LogP contribution in [-0.4, -0.2) is 15.0 Å². The molecule has 19 heavy (non-hydrogen) atoms. The largest absolute Gasteiger partial charge is 0.435 e. The third kappa shape index (κ3) is 2.18. The monoisotopic (exact) mass is 252 g/mol. The van der Waals surface area contributed by atoms with Crippen molar-refractivity contribution < 1.29 is 4.74 Å². The third-order valence-corrected chi connectivity index (χ3v) is 2.73. The summed E-state index contributed by atoms with van der Waals surface area (Å²) >= 11 is 0. The number of benzene rings is 1. The van der Waals surface area contributed by atoms with E-state index in [9.17, 15) is 0 Å². The Balaban J connectivity index is 2.10. The number of nitrogens with two attached hydrogens (primary N) is 1. The summed E-state index contributed by atoms with van der Waals surface area (Å²) in [7, 11) is 0. The number of para-hydroxylation sites is 1. The highest BCUT2D eigenvalue weighted by Gasteiger charge is 2.08. The van der Waals surface area contributed by atoms with E-state index in [2.05, 4.69) is 15.0 Å². The van der Waals surface area contributed by atoms with Crippen molar-refractivity contribution in [2.75, 3.05) is 5.73 Å². The van der Waals surface area contributed by atoms with E-state index in [-0.39, 0.29) is 0 Å². The molecule has 0 spiro atoms. The number of fused-ring (bicyclic) bond motifs is 1. The lowest BCUT2D eigenvalue weighted by Crippen LogP contribution is -1.96. The van der Waals surface area contributed by atoms with E-state index in [0.29, 0.717) is 17.3 Å². The summed E-state index contributed by atoms with van der Waals surface area (Å²) in [5.41, 5.74) is 7.89. The maximum absolute atomic E-state index is 5.77. The van der Waals surface area contributed by atoms with E-state index < -0.39 is 0 Å². The van der Waals surface area contributed by atoms with Crippen molar-refractivity contribution >= 4 is 16.6 Å². The molecule has 0 saturated carbocycles. The molecular formula is C14H12N4O. The molecule has 0 aliphatic carbocycles. The van der Waals surface area contributed by atoms with Gasteiger partial charge in [0.2, 0.25) is 5.88 Å². The molecule has 0 aliphatic heterocycles. The fourth-order valence-corrected chi connectivity index (χ4v) is 1.82. The summed E-state index contributed by atoms with van der Waals surface area (Å²) < 4.78 is 5.74. The molecule has 0 radical (unpaired) electrons. The van der Waals surface area contributed by atoms with E-state index in [1.807, 2.05) is 37.3 Å². The fourth-order valence-electron chi connectivity index (χ4n) is 1.82. The average molecular weight is 252 g/mol. The van der Waals surface area contributed by atoms with Crippen molar-refractivity contribution in [2.24, 2.45) is 0 Å². The molecule has 0 aliphatic rings. The fraction of sp³-hybridized carbons (Fsp3) is 0.0714. The number of anilines is 1. The molecule has 0 amide bonds. The summed E-state index contributed by atoms with van der Waals surface area (Å²) in [5.74, 6) is 0.970. The van der Waals surface area contributed by atoms with Crippen LogP contribution >= 0.6 is 0 Å². The zero-order valence-electron chi connectivity index (χ0n) is 10.4. The second kappa shape index (κ2) is 4.53. The number of aryl methyl sites for hydroxylation is 1. The maximum Gasteiger partial charge on any atom is 0.245 e. The smallest absolute Gasteiger partial charge is 0.245 e. The summed E-state index contributed by atoms with van der Waals surface area (Å²) in [6.45, 7) is 1.94. The Morgan fingerprint density at radius 2 is 2.05 bits per heavy atom. The van der Waals surface area contributed by atoms with Crippen LogP contribution in [0.4, 0.5) is 5.69 Å². The van der Waals surface area contributed by atoms with Crippen molar-refractivity contribution in [2.45, 2.75) is 6.92 Å². The number of ether oxygens (including phenoxy) is 1. The summed E-state index contributed by atoms with van der Waals surface area (Å²) in [5, 5.41) is 1.01. The van der Waals surface area contributed by atoms with Crippen LogP contribution in [-0.2, 0) is 0 Å². The Hall–Kier alpha value is -2.69. The standard InChI is InChI=1S/C14H12N4O/c1-9-5-6-10-3-2-4-12(13(10)18-9)19-14-11(15)7-16-8-17-14/h2-8H,15H2,1H3. The lowest BCUT2D eigenvalue weighted by molar-refractivity contribution is 0.468. The van der Waals surface area contributed by atoms with Crippen molar-refractivity contribution in [3.63, 3.8) is 0 Å². The Kier molecular flexibility index (Phi) is 2.72. The van der Waals surface area contributed by atoms with Gasteiger partial charge >= 0.3 is 0 Å². The molecule has 2 heterocycles. The number of nitrogen functional groups attached to an aromatic ring is 1. The highest BCUT2D eigenvalue weighted by molar-refractivity contribution is 5.84. The molecule has 3 aromatic rings. The molecule has 0 unspecified atom stereocenters. The van der Waals surface area contributed by atoms with Crippen molar-refractivity contribution in [1.29, 1.82) is 0 Å². The van der Waals surface area contributed by atoms with Gasteiger partial charge < -0.3 is 10.5 Å². The van der Waals surface area contributed by atoms with Crippen LogP contribution in [0.15, 0.2) is 42.9 Å². The van der Waals surface area contributed by atoms with E-state index in [1.165, 1.54) is 12.5 Å². The number of aromatic nitrogens is 3. The van der Waals surface area contributed by atoms with Crippen LogP contribution in [0.5, 0.6) is 11.6 Å². The van der Waals surface area contributed by atoms with Gasteiger partial charge in [-0.25, -0.2) is 9.97 Å². The molecule has 0 fully saturated rings. The van der Waals surface area contributed by atoms with Crippen LogP contribution < -0.4 is 10.5 Å².